The minimum atomic E-state index is -4.49. The quantitative estimate of drug-likeness (QED) is 0.598. The number of alkyl halides is 3. The lowest BCUT2D eigenvalue weighted by Crippen LogP contribution is -2.49. The van der Waals surface area contributed by atoms with Crippen LogP contribution in [0.2, 0.25) is 0 Å². The molecule has 1 fully saturated rings. The first-order valence-electron chi connectivity index (χ1n) is 10.5. The second-order valence-corrected chi connectivity index (χ2v) is 8.57. The molecule has 0 unspecified atom stereocenters. The van der Waals surface area contributed by atoms with Crippen molar-refractivity contribution in [3.8, 4) is 11.5 Å². The summed E-state index contributed by atoms with van der Waals surface area (Å²) in [4.78, 5) is 13.0. The van der Waals surface area contributed by atoms with E-state index in [0.29, 0.717) is 30.9 Å². The van der Waals surface area contributed by atoms with Crippen molar-refractivity contribution in [3.63, 3.8) is 0 Å². The fraction of sp³-hybridized carbons (Fsp3) is 0.458. The van der Waals surface area contributed by atoms with Crippen LogP contribution in [0.3, 0.4) is 0 Å². The Hall–Kier alpha value is -2.74. The van der Waals surface area contributed by atoms with E-state index in [0.717, 1.165) is 22.8 Å². The van der Waals surface area contributed by atoms with Crippen molar-refractivity contribution in [2.24, 2.45) is 5.92 Å². The summed E-state index contributed by atoms with van der Waals surface area (Å²) in [6.07, 6.45) is -4.88. The maximum Gasteiger partial charge on any atom is 0.419 e. The fourth-order valence-electron chi connectivity index (χ4n) is 3.87. The highest BCUT2D eigenvalue weighted by Gasteiger charge is 2.35. The summed E-state index contributed by atoms with van der Waals surface area (Å²) in [5.74, 6) is -0.575. The lowest BCUT2D eigenvalue weighted by molar-refractivity contribution is -0.147. The van der Waals surface area contributed by atoms with Gasteiger partial charge in [0, 0.05) is 19.6 Å². The molecule has 0 aromatic heterocycles. The number of carboxylic acids is 1. The van der Waals surface area contributed by atoms with E-state index in [1.54, 1.807) is 13.8 Å². The first-order chi connectivity index (χ1) is 14.9. The van der Waals surface area contributed by atoms with Crippen molar-refractivity contribution in [1.29, 1.82) is 0 Å². The van der Waals surface area contributed by atoms with Crippen LogP contribution in [-0.4, -0.2) is 35.2 Å². The molecule has 0 amide bonds. The van der Waals surface area contributed by atoms with Gasteiger partial charge in [-0.1, -0.05) is 18.2 Å². The molecule has 0 spiro atoms. The second kappa shape index (κ2) is 9.40. The highest BCUT2D eigenvalue weighted by Crippen LogP contribution is 2.37. The third-order valence-electron chi connectivity index (χ3n) is 5.33. The Kier molecular flexibility index (Phi) is 7.03. The minimum absolute atomic E-state index is 0.111. The van der Waals surface area contributed by atoms with Gasteiger partial charge >= 0.3 is 12.1 Å². The van der Waals surface area contributed by atoms with Gasteiger partial charge in [0.1, 0.15) is 18.1 Å². The second-order valence-electron chi connectivity index (χ2n) is 8.57. The average molecular weight is 451 g/mol. The zero-order chi connectivity index (χ0) is 23.6. The number of nitrogens with zero attached hydrogens (tertiary/aromatic N) is 1. The van der Waals surface area contributed by atoms with Gasteiger partial charge in [-0.3, -0.25) is 9.69 Å². The molecule has 0 radical (unpaired) electrons. The van der Waals surface area contributed by atoms with Gasteiger partial charge in [-0.2, -0.15) is 13.2 Å². The van der Waals surface area contributed by atoms with Crippen LogP contribution < -0.4 is 9.47 Å². The number of benzene rings is 2. The Morgan fingerprint density at radius 3 is 2.28 bits per heavy atom. The smallest absolute Gasteiger partial charge is 0.419 e. The molecule has 1 N–H and O–H groups in total. The average Bonchev–Trinajstić information content (AvgIpc) is 2.62. The maximum atomic E-state index is 13.3. The standard InChI is InChI=1S/C24H28F3NO4/c1-14(2)32-21-9-17(5-6-20(21)24(25,26)27)13-31-22-15(3)7-18(8-16(22)4)10-28-11-19(12-28)23(29)30/h5-9,14,19H,10-13H2,1-4H3,(H,29,30). The SMILES string of the molecule is Cc1cc(CN2CC(C(=O)O)C2)cc(C)c1OCc1ccc(C(F)(F)F)c(OC(C)C)c1. The summed E-state index contributed by atoms with van der Waals surface area (Å²) in [6.45, 7) is 9.06. The summed E-state index contributed by atoms with van der Waals surface area (Å²) in [7, 11) is 0. The molecule has 0 bridgehead atoms. The van der Waals surface area contributed by atoms with Crippen molar-refractivity contribution < 1.29 is 32.5 Å². The van der Waals surface area contributed by atoms with Crippen molar-refractivity contribution in [2.45, 2.75) is 53.1 Å². The van der Waals surface area contributed by atoms with Crippen LogP contribution in [0, 0.1) is 19.8 Å². The van der Waals surface area contributed by atoms with E-state index >= 15 is 0 Å². The number of likely N-dealkylation sites (tertiary alicyclic amines) is 1. The first-order valence-corrected chi connectivity index (χ1v) is 10.5. The molecule has 0 atom stereocenters. The van der Waals surface area contributed by atoms with Gasteiger partial charge in [0.2, 0.25) is 0 Å². The molecule has 8 heteroatoms. The van der Waals surface area contributed by atoms with Crippen LogP contribution in [-0.2, 0) is 24.1 Å². The topological polar surface area (TPSA) is 59.0 Å². The van der Waals surface area contributed by atoms with Gasteiger partial charge in [0.05, 0.1) is 17.6 Å². The molecular weight excluding hydrogens is 423 g/mol. The largest absolute Gasteiger partial charge is 0.490 e. The minimum Gasteiger partial charge on any atom is -0.490 e. The van der Waals surface area contributed by atoms with E-state index < -0.39 is 17.7 Å². The lowest BCUT2D eigenvalue weighted by Gasteiger charge is -2.36. The predicted molar refractivity (Wildman–Crippen MR) is 114 cm³/mol. The number of hydrogen-bond donors (Lipinski definition) is 1. The summed E-state index contributed by atoms with van der Waals surface area (Å²) in [5.41, 5.74) is 2.68. The van der Waals surface area contributed by atoms with Crippen LogP contribution in [0.1, 0.15) is 41.7 Å². The molecular formula is C24H28F3NO4. The summed E-state index contributed by atoms with van der Waals surface area (Å²) in [6, 6.07) is 7.80. The zero-order valence-corrected chi connectivity index (χ0v) is 18.6. The van der Waals surface area contributed by atoms with Crippen molar-refractivity contribution in [3.05, 3.63) is 58.1 Å². The van der Waals surface area contributed by atoms with Crippen molar-refractivity contribution in [1.82, 2.24) is 4.90 Å². The number of aliphatic carboxylic acids is 1. The van der Waals surface area contributed by atoms with Crippen LogP contribution in [0.15, 0.2) is 30.3 Å². The molecule has 5 nitrogen and oxygen atoms in total. The number of ether oxygens (including phenoxy) is 2. The van der Waals surface area contributed by atoms with Gasteiger partial charge in [-0.15, -0.1) is 0 Å². The third kappa shape index (κ3) is 5.73. The van der Waals surface area contributed by atoms with Crippen molar-refractivity contribution in [2.75, 3.05) is 13.1 Å². The van der Waals surface area contributed by atoms with Crippen LogP contribution in [0.25, 0.3) is 0 Å². The molecule has 32 heavy (non-hydrogen) atoms. The number of halogens is 3. The van der Waals surface area contributed by atoms with E-state index in [9.17, 15) is 18.0 Å². The molecule has 1 saturated heterocycles. The van der Waals surface area contributed by atoms with Gasteiger partial charge < -0.3 is 14.6 Å². The normalized spacial score (nSPS) is 15.0. The number of carbonyl (C=O) groups is 1. The Morgan fingerprint density at radius 2 is 1.75 bits per heavy atom. The van der Waals surface area contributed by atoms with E-state index in [-0.39, 0.29) is 24.4 Å². The summed E-state index contributed by atoms with van der Waals surface area (Å²) >= 11 is 0. The predicted octanol–water partition coefficient (Wildman–Crippen LogP) is 5.20. The van der Waals surface area contributed by atoms with Crippen LogP contribution >= 0.6 is 0 Å². The molecule has 1 heterocycles. The van der Waals surface area contributed by atoms with E-state index in [1.807, 2.05) is 26.0 Å². The molecule has 1 aliphatic heterocycles. The molecule has 3 rings (SSSR count). The van der Waals surface area contributed by atoms with E-state index in [2.05, 4.69) is 4.90 Å². The van der Waals surface area contributed by atoms with Gasteiger partial charge in [-0.05, 0) is 62.1 Å². The summed E-state index contributed by atoms with van der Waals surface area (Å²) < 4.78 is 51.1. The number of aryl methyl sites for hydroxylation is 2. The van der Waals surface area contributed by atoms with E-state index in [1.165, 1.54) is 12.1 Å². The van der Waals surface area contributed by atoms with Gasteiger partial charge in [0.25, 0.3) is 0 Å². The van der Waals surface area contributed by atoms with E-state index in [4.69, 9.17) is 14.6 Å². The number of carboxylic acid groups (broad SMARTS) is 1. The molecule has 1 aliphatic rings. The Balaban J connectivity index is 1.69. The van der Waals surface area contributed by atoms with Crippen molar-refractivity contribution >= 4 is 5.97 Å². The van der Waals surface area contributed by atoms with Crippen LogP contribution in [0.5, 0.6) is 11.5 Å². The Bertz CT molecular complexity index is 959. The molecule has 174 valence electrons. The highest BCUT2D eigenvalue weighted by molar-refractivity contribution is 5.71. The molecule has 0 aliphatic carbocycles. The molecule has 2 aromatic carbocycles. The number of rotatable bonds is 8. The number of hydrogen-bond acceptors (Lipinski definition) is 4. The Morgan fingerprint density at radius 1 is 1.12 bits per heavy atom. The van der Waals surface area contributed by atoms with Gasteiger partial charge in [-0.25, -0.2) is 0 Å². The zero-order valence-electron chi connectivity index (χ0n) is 18.6. The summed E-state index contributed by atoms with van der Waals surface area (Å²) in [5, 5.41) is 9.00. The molecule has 0 saturated carbocycles. The third-order valence-corrected chi connectivity index (χ3v) is 5.33. The highest BCUT2D eigenvalue weighted by atomic mass is 19.4. The maximum absolute atomic E-state index is 13.3. The van der Waals surface area contributed by atoms with Gasteiger partial charge in [0.15, 0.2) is 0 Å². The first kappa shape index (κ1) is 23.9. The monoisotopic (exact) mass is 451 g/mol. The molecule has 2 aromatic rings. The fourth-order valence-corrected chi connectivity index (χ4v) is 3.87. The Labute approximate surface area is 185 Å². The lowest BCUT2D eigenvalue weighted by atomic mass is 9.98. The van der Waals surface area contributed by atoms with Crippen LogP contribution in [0.4, 0.5) is 13.2 Å².